The van der Waals surface area contributed by atoms with Crippen LogP contribution in [0.5, 0.6) is 5.75 Å². The minimum atomic E-state index is -1.05. The van der Waals surface area contributed by atoms with Crippen molar-refractivity contribution in [3.63, 3.8) is 0 Å². The number of aryl methyl sites for hydroxylation is 1. The highest BCUT2D eigenvalue weighted by molar-refractivity contribution is 5.86. The Labute approximate surface area is 241 Å². The summed E-state index contributed by atoms with van der Waals surface area (Å²) in [6, 6.07) is 16.6. The molecule has 3 aromatic rings. The number of aromatic nitrogens is 2. The summed E-state index contributed by atoms with van der Waals surface area (Å²) in [4.78, 5) is 37.1. The molecule has 0 radical (unpaired) electrons. The molecule has 2 fully saturated rings. The third kappa shape index (κ3) is 7.14. The molecule has 5 rings (SSSR count). The van der Waals surface area contributed by atoms with Gasteiger partial charge in [0, 0.05) is 43.5 Å². The topological polar surface area (TPSA) is 105 Å². The number of carbonyl (C=O) groups excluding carboxylic acids is 1. The smallest absolute Gasteiger partial charge is 0.410 e. The molecular formula is C32H38N4O5. The molecule has 41 heavy (non-hydrogen) atoms. The molecule has 2 aromatic carbocycles. The van der Waals surface area contributed by atoms with E-state index in [0.717, 1.165) is 30.6 Å². The normalized spacial score (nSPS) is 19.0. The summed E-state index contributed by atoms with van der Waals surface area (Å²) in [6.07, 6.45) is 4.78. The molecular weight excluding hydrogens is 520 g/mol. The van der Waals surface area contributed by atoms with Gasteiger partial charge >= 0.3 is 12.1 Å². The first kappa shape index (κ1) is 28.4. The largest absolute Gasteiger partial charge is 0.489 e. The quantitative estimate of drug-likeness (QED) is 0.369. The van der Waals surface area contributed by atoms with Gasteiger partial charge in [0.2, 0.25) is 5.95 Å². The first-order valence-corrected chi connectivity index (χ1v) is 14.2. The van der Waals surface area contributed by atoms with Gasteiger partial charge in [0.05, 0.1) is 5.56 Å². The van der Waals surface area contributed by atoms with Crippen molar-refractivity contribution in [2.24, 2.45) is 0 Å². The van der Waals surface area contributed by atoms with Crippen LogP contribution in [0.4, 0.5) is 10.7 Å². The molecule has 2 unspecified atom stereocenters. The summed E-state index contributed by atoms with van der Waals surface area (Å²) >= 11 is 0. The van der Waals surface area contributed by atoms with Crippen LogP contribution in [0.15, 0.2) is 60.9 Å². The third-order valence-corrected chi connectivity index (χ3v) is 7.58. The van der Waals surface area contributed by atoms with Crippen LogP contribution in [-0.2, 0) is 11.3 Å². The van der Waals surface area contributed by atoms with E-state index in [1.165, 1.54) is 23.5 Å². The molecule has 0 bridgehead atoms. The molecule has 1 aliphatic carbocycles. The van der Waals surface area contributed by atoms with Crippen molar-refractivity contribution in [2.75, 3.05) is 18.0 Å². The van der Waals surface area contributed by atoms with Gasteiger partial charge in [-0.1, -0.05) is 42.0 Å². The fraction of sp³-hybridized carbons (Fsp3) is 0.438. The van der Waals surface area contributed by atoms with Crippen molar-refractivity contribution in [2.45, 2.75) is 77.2 Å². The average molecular weight is 559 g/mol. The van der Waals surface area contributed by atoms with Crippen LogP contribution in [-0.4, -0.2) is 62.8 Å². The SMILES string of the molecule is Cc1ccc(COc2ccc(C3CC3N(C(=O)OC(C)(C)C)C3CCN(c4ncc(C(=O)O)cn4)CC3)cc2)cc1. The Morgan fingerprint density at radius 3 is 2.22 bits per heavy atom. The van der Waals surface area contributed by atoms with E-state index in [0.29, 0.717) is 25.6 Å². The van der Waals surface area contributed by atoms with Crippen molar-refractivity contribution in [3.05, 3.63) is 83.2 Å². The standard InChI is InChI=1S/C32H38N4O5/c1-21-5-7-22(8-6-21)20-40-26-11-9-23(10-12-26)27-17-28(27)36(31(39)41-32(2,3)4)25-13-15-35(16-14-25)30-33-18-24(19-34-30)29(37)38/h5-12,18-19,25,27-28H,13-17,20H2,1-4H3,(H,37,38). The Bertz CT molecular complexity index is 1340. The van der Waals surface area contributed by atoms with Crippen LogP contribution in [0.2, 0.25) is 0 Å². The van der Waals surface area contributed by atoms with Crippen LogP contribution in [0.3, 0.4) is 0 Å². The van der Waals surface area contributed by atoms with E-state index in [-0.39, 0.29) is 29.7 Å². The average Bonchev–Trinajstić information content (AvgIpc) is 3.73. The number of aromatic carboxylic acids is 1. The molecule has 1 amide bonds. The lowest BCUT2D eigenvalue weighted by Gasteiger charge is -2.39. The van der Waals surface area contributed by atoms with Crippen molar-refractivity contribution < 1.29 is 24.2 Å². The molecule has 1 aliphatic heterocycles. The minimum absolute atomic E-state index is 0.0338. The summed E-state index contributed by atoms with van der Waals surface area (Å²) in [5.41, 5.74) is 3.02. The first-order chi connectivity index (χ1) is 19.6. The zero-order chi connectivity index (χ0) is 29.1. The Hall–Kier alpha value is -4.14. The number of benzene rings is 2. The van der Waals surface area contributed by atoms with E-state index in [1.807, 2.05) is 42.7 Å². The highest BCUT2D eigenvalue weighted by Crippen LogP contribution is 2.47. The number of hydrogen-bond acceptors (Lipinski definition) is 7. The molecule has 1 N–H and O–H groups in total. The molecule has 9 heteroatoms. The number of hydrogen-bond donors (Lipinski definition) is 1. The van der Waals surface area contributed by atoms with Crippen molar-refractivity contribution in [1.29, 1.82) is 0 Å². The summed E-state index contributed by atoms with van der Waals surface area (Å²) in [5, 5.41) is 9.12. The molecule has 1 aromatic heterocycles. The Kier molecular flexibility index (Phi) is 8.15. The predicted octanol–water partition coefficient (Wildman–Crippen LogP) is 5.82. The van der Waals surface area contributed by atoms with E-state index in [9.17, 15) is 9.59 Å². The maximum Gasteiger partial charge on any atom is 0.410 e. The van der Waals surface area contributed by atoms with Crippen LogP contribution < -0.4 is 9.64 Å². The summed E-state index contributed by atoms with van der Waals surface area (Å²) < 4.78 is 11.8. The highest BCUT2D eigenvalue weighted by Gasteiger charge is 2.49. The maximum absolute atomic E-state index is 13.5. The van der Waals surface area contributed by atoms with Crippen LogP contribution in [0, 0.1) is 6.92 Å². The number of carboxylic acids is 1. The third-order valence-electron chi connectivity index (χ3n) is 7.58. The minimum Gasteiger partial charge on any atom is -0.489 e. The van der Waals surface area contributed by atoms with Gasteiger partial charge in [-0.15, -0.1) is 0 Å². The Morgan fingerprint density at radius 2 is 1.63 bits per heavy atom. The van der Waals surface area contributed by atoms with Crippen LogP contribution in [0.1, 0.15) is 73.0 Å². The molecule has 9 nitrogen and oxygen atoms in total. The number of ether oxygens (including phenoxy) is 2. The Balaban J connectivity index is 1.22. The zero-order valence-corrected chi connectivity index (χ0v) is 24.1. The van der Waals surface area contributed by atoms with E-state index >= 15 is 0 Å². The monoisotopic (exact) mass is 558 g/mol. The predicted molar refractivity (Wildman–Crippen MR) is 155 cm³/mol. The second-order valence-corrected chi connectivity index (χ2v) is 11.9. The second kappa shape index (κ2) is 11.8. The molecule has 2 aliphatic rings. The number of carboxylic acid groups (broad SMARTS) is 1. The number of nitrogens with zero attached hydrogens (tertiary/aromatic N) is 4. The molecule has 1 saturated carbocycles. The second-order valence-electron chi connectivity index (χ2n) is 11.9. The van der Waals surface area contributed by atoms with Gasteiger partial charge in [0.15, 0.2) is 0 Å². The van der Waals surface area contributed by atoms with E-state index < -0.39 is 11.6 Å². The fourth-order valence-electron chi connectivity index (χ4n) is 5.32. The van der Waals surface area contributed by atoms with Gasteiger partial charge < -0.3 is 24.4 Å². The molecule has 216 valence electrons. The summed E-state index contributed by atoms with van der Waals surface area (Å²) in [6.45, 7) is 9.60. The lowest BCUT2D eigenvalue weighted by Crippen LogP contribution is -2.50. The molecule has 0 spiro atoms. The van der Waals surface area contributed by atoms with E-state index in [4.69, 9.17) is 14.6 Å². The number of rotatable bonds is 8. The van der Waals surface area contributed by atoms with Crippen LogP contribution >= 0.6 is 0 Å². The highest BCUT2D eigenvalue weighted by atomic mass is 16.6. The molecule has 1 saturated heterocycles. The molecule has 2 heterocycles. The van der Waals surface area contributed by atoms with Gasteiger partial charge in [0.1, 0.15) is 18.0 Å². The number of piperidine rings is 1. The van der Waals surface area contributed by atoms with E-state index in [1.54, 1.807) is 0 Å². The lowest BCUT2D eigenvalue weighted by atomic mass is 10.0. The Morgan fingerprint density at radius 1 is 1.00 bits per heavy atom. The van der Waals surface area contributed by atoms with Gasteiger partial charge in [-0.05, 0) is 70.2 Å². The molecule has 2 atom stereocenters. The summed E-state index contributed by atoms with van der Waals surface area (Å²) in [5.74, 6) is 0.526. The number of carbonyl (C=O) groups is 2. The zero-order valence-electron chi connectivity index (χ0n) is 24.1. The van der Waals surface area contributed by atoms with Crippen LogP contribution in [0.25, 0.3) is 0 Å². The van der Waals surface area contributed by atoms with Gasteiger partial charge in [-0.2, -0.15) is 0 Å². The summed E-state index contributed by atoms with van der Waals surface area (Å²) in [7, 11) is 0. The lowest BCUT2D eigenvalue weighted by molar-refractivity contribution is 0.0108. The fourth-order valence-corrected chi connectivity index (χ4v) is 5.32. The number of amides is 1. The van der Waals surface area contributed by atoms with Gasteiger partial charge in [-0.25, -0.2) is 19.6 Å². The van der Waals surface area contributed by atoms with E-state index in [2.05, 4.69) is 53.3 Å². The van der Waals surface area contributed by atoms with Gasteiger partial charge in [-0.3, -0.25) is 0 Å². The van der Waals surface area contributed by atoms with Crippen molar-refractivity contribution in [3.8, 4) is 5.75 Å². The maximum atomic E-state index is 13.5. The van der Waals surface area contributed by atoms with Gasteiger partial charge in [0.25, 0.3) is 0 Å². The first-order valence-electron chi connectivity index (χ1n) is 14.2. The van der Waals surface area contributed by atoms with Crippen molar-refractivity contribution in [1.82, 2.24) is 14.9 Å². The van der Waals surface area contributed by atoms with Crippen molar-refractivity contribution >= 4 is 18.0 Å². The number of anilines is 1.